The van der Waals surface area contributed by atoms with Crippen molar-refractivity contribution in [3.8, 4) is 11.3 Å². The van der Waals surface area contributed by atoms with Gasteiger partial charge in [0.25, 0.3) is 0 Å². The maximum atomic E-state index is 12.7. The molecule has 158 valence electrons. The maximum absolute atomic E-state index is 12.7. The van der Waals surface area contributed by atoms with Crippen LogP contribution in [0, 0.1) is 0 Å². The second-order valence-corrected chi connectivity index (χ2v) is 6.75. The monoisotopic (exact) mass is 426 g/mol. The van der Waals surface area contributed by atoms with Crippen LogP contribution in [-0.4, -0.2) is 33.6 Å². The van der Waals surface area contributed by atoms with E-state index in [1.165, 1.54) is 6.33 Å². The largest absolute Gasteiger partial charge is 0.490 e. The van der Waals surface area contributed by atoms with Crippen LogP contribution in [0.4, 0.5) is 19.0 Å². The van der Waals surface area contributed by atoms with Crippen molar-refractivity contribution in [3.63, 3.8) is 0 Å². The molecule has 1 atom stereocenters. The number of fused-ring (bicyclic) bond motifs is 1. The molecule has 0 aliphatic heterocycles. The number of esters is 1. The van der Waals surface area contributed by atoms with Crippen molar-refractivity contribution in [1.82, 2.24) is 15.0 Å². The highest BCUT2D eigenvalue weighted by Gasteiger charge is 2.42. The molecule has 2 N–H and O–H groups in total. The smallest absolute Gasteiger partial charge is 0.449 e. The number of aromatic nitrogens is 3. The number of aromatic amines is 1. The van der Waals surface area contributed by atoms with Gasteiger partial charge in [0.05, 0.1) is 12.2 Å². The highest BCUT2D eigenvalue weighted by atomic mass is 19.4. The van der Waals surface area contributed by atoms with Gasteiger partial charge in [0.2, 0.25) is 0 Å². The minimum atomic E-state index is -5.08. The van der Waals surface area contributed by atoms with Crippen LogP contribution in [-0.2, 0) is 9.53 Å². The molecular weight excluding hydrogens is 409 g/mol. The number of rotatable bonds is 6. The van der Waals surface area contributed by atoms with Gasteiger partial charge in [-0.25, -0.2) is 14.8 Å². The number of ether oxygens (including phenoxy) is 1. The summed E-state index contributed by atoms with van der Waals surface area (Å²) in [6.45, 7) is -0.0993. The van der Waals surface area contributed by atoms with Gasteiger partial charge in [-0.1, -0.05) is 42.5 Å². The standard InChI is InChI=1S/C22H17F3N4O2/c23-22(24,25)21(30)31-19(15-4-2-1-3-5-15)12-27-20-11-18(28-13-29-20)16-7-6-14-8-9-26-17(14)10-16/h1-11,13,19,26H,12H2,(H,27,28,29)/t19-/m0/s1. The predicted molar refractivity (Wildman–Crippen MR) is 109 cm³/mol. The number of carbonyl (C=O) groups excluding carboxylic acids is 1. The second-order valence-electron chi connectivity index (χ2n) is 6.75. The molecule has 4 rings (SSSR count). The first-order valence-electron chi connectivity index (χ1n) is 9.36. The molecule has 31 heavy (non-hydrogen) atoms. The molecule has 0 amide bonds. The van der Waals surface area contributed by atoms with Gasteiger partial charge in [0.15, 0.2) is 0 Å². The van der Waals surface area contributed by atoms with E-state index in [-0.39, 0.29) is 6.54 Å². The number of hydrogen-bond acceptors (Lipinski definition) is 5. The summed E-state index contributed by atoms with van der Waals surface area (Å²) in [7, 11) is 0. The van der Waals surface area contributed by atoms with Gasteiger partial charge < -0.3 is 15.0 Å². The van der Waals surface area contributed by atoms with Crippen molar-refractivity contribution >= 4 is 22.7 Å². The molecule has 0 unspecified atom stereocenters. The van der Waals surface area contributed by atoms with Crippen molar-refractivity contribution in [2.75, 3.05) is 11.9 Å². The third-order valence-electron chi connectivity index (χ3n) is 4.64. The molecule has 0 radical (unpaired) electrons. The lowest BCUT2D eigenvalue weighted by atomic mass is 10.1. The SMILES string of the molecule is O=C(O[C@@H](CNc1cc(-c2ccc3cc[nH]c3c2)ncn1)c1ccccc1)C(F)(F)F. The third-order valence-corrected chi connectivity index (χ3v) is 4.64. The zero-order valence-electron chi connectivity index (χ0n) is 16.1. The van der Waals surface area contributed by atoms with E-state index in [0.717, 1.165) is 16.5 Å². The van der Waals surface area contributed by atoms with Crippen LogP contribution < -0.4 is 5.32 Å². The molecule has 2 heterocycles. The summed E-state index contributed by atoms with van der Waals surface area (Å²) in [5.74, 6) is -1.86. The first kappa shape index (κ1) is 20.4. The van der Waals surface area contributed by atoms with E-state index in [0.29, 0.717) is 17.1 Å². The van der Waals surface area contributed by atoms with Gasteiger partial charge in [-0.15, -0.1) is 0 Å². The molecule has 6 nitrogen and oxygen atoms in total. The van der Waals surface area contributed by atoms with Crippen molar-refractivity contribution in [1.29, 1.82) is 0 Å². The van der Waals surface area contributed by atoms with E-state index < -0.39 is 18.2 Å². The van der Waals surface area contributed by atoms with Gasteiger partial charge in [-0.2, -0.15) is 13.2 Å². The summed E-state index contributed by atoms with van der Waals surface area (Å²) >= 11 is 0. The van der Waals surface area contributed by atoms with E-state index in [1.807, 2.05) is 30.5 Å². The van der Waals surface area contributed by atoms with Crippen LogP contribution >= 0.6 is 0 Å². The number of H-pyrrole nitrogens is 1. The van der Waals surface area contributed by atoms with Gasteiger partial charge >= 0.3 is 12.1 Å². The van der Waals surface area contributed by atoms with Gasteiger partial charge in [0.1, 0.15) is 18.2 Å². The van der Waals surface area contributed by atoms with Crippen LogP contribution in [0.5, 0.6) is 0 Å². The Labute approximate surface area is 175 Å². The topological polar surface area (TPSA) is 79.9 Å². The summed E-state index contributed by atoms with van der Waals surface area (Å²) in [4.78, 5) is 22.9. The van der Waals surface area contributed by atoms with Crippen molar-refractivity contribution in [2.24, 2.45) is 0 Å². The van der Waals surface area contributed by atoms with Crippen molar-refractivity contribution in [2.45, 2.75) is 12.3 Å². The molecule has 4 aromatic rings. The Bertz CT molecular complexity index is 1190. The quantitative estimate of drug-likeness (QED) is 0.430. The Kier molecular flexibility index (Phi) is 5.57. The molecule has 0 saturated carbocycles. The van der Waals surface area contributed by atoms with E-state index in [2.05, 4.69) is 20.3 Å². The van der Waals surface area contributed by atoms with Crippen LogP contribution in [0.3, 0.4) is 0 Å². The first-order chi connectivity index (χ1) is 14.9. The first-order valence-corrected chi connectivity index (χ1v) is 9.36. The van der Waals surface area contributed by atoms with Gasteiger partial charge in [-0.05, 0) is 23.1 Å². The molecule has 0 bridgehead atoms. The van der Waals surface area contributed by atoms with E-state index >= 15 is 0 Å². The maximum Gasteiger partial charge on any atom is 0.490 e. The van der Waals surface area contributed by atoms with Gasteiger partial charge in [0, 0.05) is 23.3 Å². The molecular formula is C22H17F3N4O2. The van der Waals surface area contributed by atoms with Crippen LogP contribution in [0.15, 0.2) is 73.2 Å². The molecule has 2 aromatic carbocycles. The normalized spacial score (nSPS) is 12.5. The fraction of sp³-hybridized carbons (Fsp3) is 0.136. The molecule has 0 saturated heterocycles. The van der Waals surface area contributed by atoms with Crippen LogP contribution in [0.25, 0.3) is 22.2 Å². The Morgan fingerprint density at radius 3 is 2.65 bits per heavy atom. The number of anilines is 1. The highest BCUT2D eigenvalue weighted by molar-refractivity contribution is 5.84. The fourth-order valence-electron chi connectivity index (χ4n) is 3.11. The lowest BCUT2D eigenvalue weighted by Crippen LogP contribution is -2.29. The van der Waals surface area contributed by atoms with Gasteiger partial charge in [-0.3, -0.25) is 0 Å². The Hall–Kier alpha value is -3.88. The lowest BCUT2D eigenvalue weighted by Gasteiger charge is -2.20. The number of alkyl halides is 3. The minimum absolute atomic E-state index is 0.0993. The minimum Gasteiger partial charge on any atom is -0.449 e. The number of carbonyl (C=O) groups is 1. The summed E-state index contributed by atoms with van der Waals surface area (Å²) in [5, 5.41) is 4.00. The van der Waals surface area contributed by atoms with Crippen LogP contribution in [0.2, 0.25) is 0 Å². The fourth-order valence-corrected chi connectivity index (χ4v) is 3.11. The molecule has 0 fully saturated rings. The number of hydrogen-bond donors (Lipinski definition) is 2. The molecule has 2 aromatic heterocycles. The van der Waals surface area contributed by atoms with Crippen molar-refractivity contribution in [3.05, 3.63) is 78.8 Å². The van der Waals surface area contributed by atoms with E-state index in [9.17, 15) is 18.0 Å². The Morgan fingerprint density at radius 1 is 1.06 bits per heavy atom. The van der Waals surface area contributed by atoms with E-state index in [4.69, 9.17) is 4.74 Å². The zero-order chi connectivity index (χ0) is 21.8. The average Bonchev–Trinajstić information content (AvgIpc) is 3.24. The molecule has 9 heteroatoms. The Balaban J connectivity index is 1.53. The highest BCUT2D eigenvalue weighted by Crippen LogP contribution is 2.26. The summed E-state index contributed by atoms with van der Waals surface area (Å²) in [5.41, 5.74) is 2.87. The zero-order valence-corrected chi connectivity index (χ0v) is 16.1. The lowest BCUT2D eigenvalue weighted by molar-refractivity contribution is -0.204. The third kappa shape index (κ3) is 4.82. The number of nitrogens with zero attached hydrogens (tertiary/aromatic N) is 2. The van der Waals surface area contributed by atoms with E-state index in [1.54, 1.807) is 36.4 Å². The molecule has 0 spiro atoms. The molecule has 0 aliphatic carbocycles. The predicted octanol–water partition coefficient (Wildman–Crippen LogP) is 4.88. The second kappa shape index (κ2) is 8.47. The number of nitrogens with one attached hydrogen (secondary N) is 2. The van der Waals surface area contributed by atoms with Crippen molar-refractivity contribution < 1.29 is 22.7 Å². The summed E-state index contributed by atoms with van der Waals surface area (Å²) in [6.07, 6.45) is -3.03. The van der Waals surface area contributed by atoms with Crippen LogP contribution in [0.1, 0.15) is 11.7 Å². The Morgan fingerprint density at radius 2 is 1.87 bits per heavy atom. The molecule has 0 aliphatic rings. The summed E-state index contributed by atoms with van der Waals surface area (Å²) < 4.78 is 42.8. The number of benzene rings is 2. The summed E-state index contributed by atoms with van der Waals surface area (Å²) in [6, 6.07) is 17.7. The average molecular weight is 426 g/mol. The number of halogens is 3.